The van der Waals surface area contributed by atoms with Gasteiger partial charge in [-0.2, -0.15) is 0 Å². The van der Waals surface area contributed by atoms with Gasteiger partial charge in [0.2, 0.25) is 0 Å². The molecule has 1 saturated heterocycles. The molecule has 0 radical (unpaired) electrons. The Labute approximate surface area is 118 Å². The molecule has 19 heavy (non-hydrogen) atoms. The monoisotopic (exact) mass is 277 g/mol. The molecule has 1 atom stereocenters. The summed E-state index contributed by atoms with van der Waals surface area (Å²) >= 11 is 1.79. The Morgan fingerprint density at radius 2 is 2.00 bits per heavy atom. The highest BCUT2D eigenvalue weighted by atomic mass is 32.2. The van der Waals surface area contributed by atoms with Crippen LogP contribution in [-0.4, -0.2) is 60.7 Å². The van der Waals surface area contributed by atoms with Gasteiger partial charge >= 0.3 is 0 Å². The first-order valence-corrected chi connectivity index (χ1v) is 7.63. The molecule has 102 valence electrons. The first-order chi connectivity index (χ1) is 9.24. The number of nitrogens with one attached hydrogen (secondary N) is 1. The second-order valence-corrected chi connectivity index (χ2v) is 6.10. The summed E-state index contributed by atoms with van der Waals surface area (Å²) in [4.78, 5) is 5.64. The maximum Gasteiger partial charge on any atom is 0.165 e. The first-order valence-electron chi connectivity index (χ1n) is 6.64. The summed E-state index contributed by atoms with van der Waals surface area (Å²) in [6, 6.07) is 8.09. The third-order valence-corrected chi connectivity index (χ3v) is 4.78. The lowest BCUT2D eigenvalue weighted by molar-refractivity contribution is 0.191. The number of fused-ring (bicyclic) bond motifs is 1. The molecule has 0 aliphatic carbocycles. The van der Waals surface area contributed by atoms with Crippen molar-refractivity contribution >= 4 is 17.6 Å². The number of hydrogen-bond acceptors (Lipinski definition) is 4. The van der Waals surface area contributed by atoms with Gasteiger partial charge in [0.1, 0.15) is 11.6 Å². The van der Waals surface area contributed by atoms with Gasteiger partial charge in [-0.1, -0.05) is 12.1 Å². The van der Waals surface area contributed by atoms with E-state index in [1.165, 1.54) is 4.90 Å². The van der Waals surface area contributed by atoms with Crippen LogP contribution < -0.4 is 4.74 Å². The van der Waals surface area contributed by atoms with Crippen LogP contribution in [0.3, 0.4) is 0 Å². The molecule has 2 heterocycles. The fourth-order valence-electron chi connectivity index (χ4n) is 2.41. The van der Waals surface area contributed by atoms with Gasteiger partial charge in [-0.3, -0.25) is 5.41 Å². The van der Waals surface area contributed by atoms with E-state index in [0.29, 0.717) is 5.84 Å². The topological polar surface area (TPSA) is 39.6 Å². The molecule has 0 saturated carbocycles. The molecule has 1 unspecified atom stereocenters. The number of nitrogens with zero attached hydrogens (tertiary/aromatic N) is 2. The molecule has 2 aliphatic rings. The molecule has 5 heteroatoms. The normalized spacial score (nSPS) is 23.6. The summed E-state index contributed by atoms with van der Waals surface area (Å²) in [6.07, 6.45) is -0.108. The average Bonchev–Trinajstić information content (AvgIpc) is 2.47. The summed E-state index contributed by atoms with van der Waals surface area (Å²) in [5.74, 6) is 2.39. The predicted octanol–water partition coefficient (Wildman–Crippen LogP) is 1.76. The number of likely N-dealkylation sites (N-methyl/N-ethyl adjacent to an activating group) is 1. The molecule has 1 fully saturated rings. The van der Waals surface area contributed by atoms with Crippen LogP contribution in [0.15, 0.2) is 29.2 Å². The molecule has 2 aliphatic heterocycles. The number of para-hydroxylation sites is 1. The van der Waals surface area contributed by atoms with Gasteiger partial charge in [-0.15, -0.1) is 11.8 Å². The molecular weight excluding hydrogens is 258 g/mol. The van der Waals surface area contributed by atoms with Gasteiger partial charge in [-0.25, -0.2) is 0 Å². The van der Waals surface area contributed by atoms with E-state index in [-0.39, 0.29) is 6.10 Å². The Hall–Kier alpha value is -1.20. The molecule has 4 nitrogen and oxygen atoms in total. The molecule has 1 aromatic rings. The van der Waals surface area contributed by atoms with E-state index in [1.54, 1.807) is 11.8 Å². The quantitative estimate of drug-likeness (QED) is 0.627. The van der Waals surface area contributed by atoms with Gasteiger partial charge < -0.3 is 14.5 Å². The molecule has 0 amide bonds. The van der Waals surface area contributed by atoms with Crippen LogP contribution in [0.25, 0.3) is 0 Å². The average molecular weight is 277 g/mol. The van der Waals surface area contributed by atoms with Crippen molar-refractivity contribution in [1.82, 2.24) is 9.80 Å². The Morgan fingerprint density at radius 3 is 2.79 bits per heavy atom. The SMILES string of the molecule is CN1CCN(C(=N)C2CSc3ccccc3O2)CC1. The fraction of sp³-hybridized carbons (Fsp3) is 0.500. The van der Waals surface area contributed by atoms with Gasteiger partial charge in [-0.05, 0) is 19.2 Å². The van der Waals surface area contributed by atoms with E-state index >= 15 is 0 Å². The lowest BCUT2D eigenvalue weighted by Crippen LogP contribution is -2.52. The van der Waals surface area contributed by atoms with Crippen LogP contribution in [0, 0.1) is 5.41 Å². The van der Waals surface area contributed by atoms with Crippen LogP contribution in [0.5, 0.6) is 5.75 Å². The summed E-state index contributed by atoms with van der Waals surface area (Å²) in [5.41, 5.74) is 0. The minimum absolute atomic E-state index is 0.108. The molecule has 1 aromatic carbocycles. The highest BCUT2D eigenvalue weighted by Crippen LogP contribution is 2.35. The van der Waals surface area contributed by atoms with Gasteiger partial charge in [0.25, 0.3) is 0 Å². The van der Waals surface area contributed by atoms with Crippen LogP contribution in [0.1, 0.15) is 0 Å². The molecule has 1 N–H and O–H groups in total. The number of piperazine rings is 1. The zero-order chi connectivity index (χ0) is 13.2. The fourth-order valence-corrected chi connectivity index (χ4v) is 3.40. The predicted molar refractivity (Wildman–Crippen MR) is 78.4 cm³/mol. The minimum atomic E-state index is -0.108. The van der Waals surface area contributed by atoms with Crippen LogP contribution in [-0.2, 0) is 0 Å². The highest BCUT2D eigenvalue weighted by molar-refractivity contribution is 7.99. The minimum Gasteiger partial charge on any atom is -0.480 e. The second-order valence-electron chi connectivity index (χ2n) is 5.04. The zero-order valence-electron chi connectivity index (χ0n) is 11.1. The highest BCUT2D eigenvalue weighted by Gasteiger charge is 2.28. The van der Waals surface area contributed by atoms with Crippen molar-refractivity contribution in [3.05, 3.63) is 24.3 Å². The van der Waals surface area contributed by atoms with E-state index in [1.807, 2.05) is 18.2 Å². The van der Waals surface area contributed by atoms with Crippen molar-refractivity contribution in [3.63, 3.8) is 0 Å². The Morgan fingerprint density at radius 1 is 1.26 bits per heavy atom. The van der Waals surface area contributed by atoms with Gasteiger partial charge in [0.05, 0.1) is 0 Å². The number of thioether (sulfide) groups is 1. The van der Waals surface area contributed by atoms with E-state index < -0.39 is 0 Å². The van der Waals surface area contributed by atoms with Crippen molar-refractivity contribution in [1.29, 1.82) is 5.41 Å². The summed E-state index contributed by atoms with van der Waals surface area (Å²) < 4.78 is 5.97. The number of ether oxygens (including phenoxy) is 1. The number of hydrogen-bond donors (Lipinski definition) is 1. The molecule has 3 rings (SSSR count). The molecular formula is C14H19N3OS. The van der Waals surface area contributed by atoms with E-state index in [0.717, 1.165) is 37.7 Å². The molecule has 0 aromatic heterocycles. The summed E-state index contributed by atoms with van der Waals surface area (Å²) in [6.45, 7) is 3.92. The lowest BCUT2D eigenvalue weighted by Gasteiger charge is -2.37. The Bertz CT molecular complexity index is 472. The largest absolute Gasteiger partial charge is 0.480 e. The third kappa shape index (κ3) is 2.72. The number of amidine groups is 1. The van der Waals surface area contributed by atoms with E-state index in [2.05, 4.69) is 22.9 Å². The third-order valence-electron chi connectivity index (χ3n) is 3.66. The smallest absolute Gasteiger partial charge is 0.165 e. The molecule has 0 bridgehead atoms. The summed E-state index contributed by atoms with van der Waals surface area (Å²) in [7, 11) is 2.13. The van der Waals surface area contributed by atoms with E-state index in [4.69, 9.17) is 10.1 Å². The van der Waals surface area contributed by atoms with Crippen molar-refractivity contribution in [2.75, 3.05) is 39.0 Å². The second kappa shape index (κ2) is 5.43. The van der Waals surface area contributed by atoms with Crippen LogP contribution in [0.2, 0.25) is 0 Å². The van der Waals surface area contributed by atoms with Crippen molar-refractivity contribution in [2.45, 2.75) is 11.0 Å². The number of rotatable bonds is 1. The molecule has 0 spiro atoms. The van der Waals surface area contributed by atoms with Gasteiger partial charge in [0, 0.05) is 36.8 Å². The maximum atomic E-state index is 8.35. The Kier molecular flexibility index (Phi) is 3.66. The summed E-state index contributed by atoms with van der Waals surface area (Å²) in [5, 5.41) is 8.35. The van der Waals surface area contributed by atoms with Crippen molar-refractivity contribution in [3.8, 4) is 5.75 Å². The van der Waals surface area contributed by atoms with Gasteiger partial charge in [0.15, 0.2) is 6.10 Å². The lowest BCUT2D eigenvalue weighted by atomic mass is 10.2. The number of benzene rings is 1. The van der Waals surface area contributed by atoms with Crippen LogP contribution >= 0.6 is 11.8 Å². The van der Waals surface area contributed by atoms with Crippen LogP contribution in [0.4, 0.5) is 0 Å². The standard InChI is InChI=1S/C14H19N3OS/c1-16-6-8-17(9-7-16)14(15)12-10-19-13-5-3-2-4-11(13)18-12/h2-5,12,15H,6-10H2,1H3. The van der Waals surface area contributed by atoms with E-state index in [9.17, 15) is 0 Å². The van der Waals surface area contributed by atoms with Crippen molar-refractivity contribution < 1.29 is 4.74 Å². The Balaban J connectivity index is 1.66. The zero-order valence-corrected chi connectivity index (χ0v) is 11.9. The van der Waals surface area contributed by atoms with Crippen molar-refractivity contribution in [2.24, 2.45) is 0 Å². The first kappa shape index (κ1) is 12.8. The maximum absolute atomic E-state index is 8.35.